The number of fused-ring (bicyclic) bond motifs is 1. The Morgan fingerprint density at radius 1 is 1.58 bits per heavy atom. The van der Waals surface area contributed by atoms with Gasteiger partial charge in [-0.2, -0.15) is 0 Å². The molecule has 2 atom stereocenters. The van der Waals surface area contributed by atoms with Crippen molar-refractivity contribution in [1.82, 2.24) is 0 Å². The van der Waals surface area contributed by atoms with Crippen molar-refractivity contribution in [1.29, 1.82) is 0 Å². The zero-order valence-corrected chi connectivity index (χ0v) is 10.8. The normalized spacial score (nSPS) is 29.1. The molecule has 3 rings (SSSR count). The molecule has 5 nitrogen and oxygen atoms in total. The second-order valence-corrected chi connectivity index (χ2v) is 5.95. The lowest BCUT2D eigenvalue weighted by molar-refractivity contribution is -0.385. The van der Waals surface area contributed by atoms with Crippen molar-refractivity contribution < 1.29 is 9.31 Å². The number of nitrogens with zero attached hydrogens (tertiary/aromatic N) is 2. The number of nitro benzene ring substituents is 1. The first-order valence-corrected chi connectivity index (χ1v) is 6.94. The number of non-ortho nitro benzene ring substituents is 1. The number of nitro groups is 1. The number of hydrogen-bond donors (Lipinski definition) is 1. The second-order valence-electron chi connectivity index (χ2n) is 4.83. The van der Waals surface area contributed by atoms with Gasteiger partial charge in [-0.3, -0.25) is 15.1 Å². The molecule has 0 unspecified atom stereocenters. The Bertz CT molecular complexity index is 592. The summed E-state index contributed by atoms with van der Waals surface area (Å²) >= 11 is 1.45. The van der Waals surface area contributed by atoms with E-state index >= 15 is 0 Å². The summed E-state index contributed by atoms with van der Waals surface area (Å²) in [5.41, 5.74) is 5.30. The molecule has 7 heteroatoms. The highest BCUT2D eigenvalue weighted by Gasteiger charge is 2.57. The molecule has 1 aromatic carbocycles. The minimum Gasteiger partial charge on any atom is -0.379 e. The maximum Gasteiger partial charge on any atom is 0.270 e. The van der Waals surface area contributed by atoms with Crippen molar-refractivity contribution in [3.05, 3.63) is 39.7 Å². The highest BCUT2D eigenvalue weighted by atomic mass is 32.2. The third-order valence-corrected chi connectivity index (χ3v) is 4.55. The number of benzene rings is 1. The predicted molar refractivity (Wildman–Crippen MR) is 71.5 cm³/mol. The van der Waals surface area contributed by atoms with Gasteiger partial charge in [0.05, 0.1) is 10.5 Å². The molecule has 2 N–H and O–H groups in total. The Morgan fingerprint density at radius 2 is 2.37 bits per heavy atom. The van der Waals surface area contributed by atoms with Gasteiger partial charge >= 0.3 is 0 Å². The van der Waals surface area contributed by atoms with E-state index in [1.54, 1.807) is 0 Å². The average Bonchev–Trinajstić information content (AvgIpc) is 3.03. The van der Waals surface area contributed by atoms with Gasteiger partial charge in [-0.25, -0.2) is 4.39 Å². The topological polar surface area (TPSA) is 81.5 Å². The predicted octanol–water partition coefficient (Wildman–Crippen LogP) is 2.40. The van der Waals surface area contributed by atoms with Gasteiger partial charge in [0.1, 0.15) is 5.82 Å². The molecule has 1 aliphatic carbocycles. The van der Waals surface area contributed by atoms with Crippen LogP contribution in [-0.2, 0) is 5.54 Å². The highest BCUT2D eigenvalue weighted by Crippen LogP contribution is 2.59. The van der Waals surface area contributed by atoms with E-state index < -0.39 is 16.3 Å². The minimum absolute atomic E-state index is 0.109. The molecule has 0 spiro atoms. The fourth-order valence-electron chi connectivity index (χ4n) is 2.68. The molecule has 1 heterocycles. The Hall–Kier alpha value is -1.63. The summed E-state index contributed by atoms with van der Waals surface area (Å²) in [5.74, 6) is 0.646. The maximum absolute atomic E-state index is 14.0. The van der Waals surface area contributed by atoms with Gasteiger partial charge < -0.3 is 5.73 Å². The van der Waals surface area contributed by atoms with Crippen LogP contribution in [0.25, 0.3) is 0 Å². The van der Waals surface area contributed by atoms with Gasteiger partial charge in [-0.1, -0.05) is 11.8 Å². The largest absolute Gasteiger partial charge is 0.379 e. The van der Waals surface area contributed by atoms with Crippen molar-refractivity contribution >= 4 is 22.6 Å². The number of aliphatic imine (C=N–C) groups is 1. The average molecular weight is 281 g/mol. The van der Waals surface area contributed by atoms with Gasteiger partial charge in [-0.05, 0) is 24.8 Å². The van der Waals surface area contributed by atoms with Gasteiger partial charge in [0, 0.05) is 23.4 Å². The zero-order valence-electron chi connectivity index (χ0n) is 10.0. The molecule has 19 heavy (non-hydrogen) atoms. The summed E-state index contributed by atoms with van der Waals surface area (Å²) in [6, 6.07) is 3.61. The first kappa shape index (κ1) is 12.4. The number of nitrogens with two attached hydrogens (primary N) is 1. The number of hydrogen-bond acceptors (Lipinski definition) is 5. The van der Waals surface area contributed by atoms with Crippen molar-refractivity contribution in [2.45, 2.75) is 18.4 Å². The Morgan fingerprint density at radius 3 is 3.11 bits per heavy atom. The van der Waals surface area contributed by atoms with Gasteiger partial charge in [0.15, 0.2) is 5.17 Å². The molecule has 1 aliphatic heterocycles. The molecule has 0 aromatic heterocycles. The van der Waals surface area contributed by atoms with Crippen LogP contribution in [0, 0.1) is 21.8 Å². The van der Waals surface area contributed by atoms with E-state index in [4.69, 9.17) is 5.73 Å². The molecule has 1 saturated carbocycles. The maximum atomic E-state index is 14.0. The van der Waals surface area contributed by atoms with Crippen LogP contribution in [0.15, 0.2) is 23.2 Å². The smallest absolute Gasteiger partial charge is 0.270 e. The van der Waals surface area contributed by atoms with Gasteiger partial charge in [0.25, 0.3) is 5.69 Å². The lowest BCUT2D eigenvalue weighted by atomic mass is 10.0. The molecular weight excluding hydrogens is 269 g/mol. The third-order valence-electron chi connectivity index (χ3n) is 3.73. The van der Waals surface area contributed by atoms with Crippen molar-refractivity contribution in [3.8, 4) is 0 Å². The Kier molecular flexibility index (Phi) is 2.74. The Balaban J connectivity index is 2.09. The summed E-state index contributed by atoms with van der Waals surface area (Å²) in [6.45, 7) is 0. The lowest BCUT2D eigenvalue weighted by Crippen LogP contribution is -2.15. The van der Waals surface area contributed by atoms with Crippen LogP contribution in [0.5, 0.6) is 0 Å². The number of amidine groups is 1. The number of halogens is 1. The lowest BCUT2D eigenvalue weighted by Gasteiger charge is -2.13. The summed E-state index contributed by atoms with van der Waals surface area (Å²) in [7, 11) is 0. The molecule has 2 aliphatic rings. The quantitative estimate of drug-likeness (QED) is 0.666. The highest BCUT2D eigenvalue weighted by molar-refractivity contribution is 8.13. The summed E-state index contributed by atoms with van der Waals surface area (Å²) in [5, 5.41) is 11.3. The molecule has 0 bridgehead atoms. The zero-order chi connectivity index (χ0) is 13.6. The van der Waals surface area contributed by atoms with E-state index in [2.05, 4.69) is 4.99 Å². The van der Waals surface area contributed by atoms with Crippen LogP contribution in [-0.4, -0.2) is 15.8 Å². The first-order chi connectivity index (χ1) is 9.03. The summed E-state index contributed by atoms with van der Waals surface area (Å²) in [4.78, 5) is 14.7. The van der Waals surface area contributed by atoms with E-state index in [0.29, 0.717) is 17.2 Å². The van der Waals surface area contributed by atoms with Crippen LogP contribution >= 0.6 is 11.8 Å². The first-order valence-electron chi connectivity index (χ1n) is 5.95. The minimum atomic E-state index is -0.677. The van der Waals surface area contributed by atoms with Gasteiger partial charge in [-0.15, -0.1) is 0 Å². The van der Waals surface area contributed by atoms with E-state index in [-0.39, 0.29) is 11.6 Å². The Labute approximate surface area is 113 Å². The fourth-order valence-corrected chi connectivity index (χ4v) is 3.52. The molecule has 100 valence electrons. The fraction of sp³-hybridized carbons (Fsp3) is 0.417. The van der Waals surface area contributed by atoms with E-state index in [1.807, 2.05) is 0 Å². The molecular formula is C12H12FN3O2S. The van der Waals surface area contributed by atoms with Crippen LogP contribution in [0.3, 0.4) is 0 Å². The SMILES string of the molecule is NC1=N[C@@]2(c3cc([N+](=O)[O-])ccc3F)C[C@H]2CCS1. The van der Waals surface area contributed by atoms with Crippen LogP contribution in [0.4, 0.5) is 10.1 Å². The number of rotatable bonds is 2. The van der Waals surface area contributed by atoms with E-state index in [9.17, 15) is 14.5 Å². The summed E-state index contributed by atoms with van der Waals surface area (Å²) < 4.78 is 14.0. The molecule has 1 aromatic rings. The molecule has 1 fully saturated rings. The molecule has 0 radical (unpaired) electrons. The molecule has 0 saturated heterocycles. The van der Waals surface area contributed by atoms with Crippen molar-refractivity contribution in [2.75, 3.05) is 5.75 Å². The van der Waals surface area contributed by atoms with Crippen molar-refractivity contribution in [3.63, 3.8) is 0 Å². The van der Waals surface area contributed by atoms with E-state index in [0.717, 1.165) is 18.2 Å². The van der Waals surface area contributed by atoms with Gasteiger partial charge in [0.2, 0.25) is 0 Å². The summed E-state index contributed by atoms with van der Waals surface area (Å²) in [6.07, 6.45) is 1.61. The van der Waals surface area contributed by atoms with Crippen LogP contribution in [0.2, 0.25) is 0 Å². The van der Waals surface area contributed by atoms with Crippen LogP contribution in [0.1, 0.15) is 18.4 Å². The monoisotopic (exact) mass is 281 g/mol. The second kappa shape index (κ2) is 4.19. The standard InChI is InChI=1S/C12H12FN3O2S/c13-10-2-1-8(16(17)18)5-9(10)12-6-7(12)3-4-19-11(14)15-12/h1-2,5,7H,3-4,6H2,(H2,14,15)/t7-,12+/m1/s1. The third kappa shape index (κ3) is 1.98. The number of thioether (sulfide) groups is 1. The van der Waals surface area contributed by atoms with Crippen LogP contribution < -0.4 is 5.73 Å². The van der Waals surface area contributed by atoms with Crippen molar-refractivity contribution in [2.24, 2.45) is 16.6 Å². The molecule has 0 amide bonds. The van der Waals surface area contributed by atoms with E-state index in [1.165, 1.54) is 23.9 Å².